The fraction of sp³-hybridized carbons (Fsp3) is 1.00. The maximum atomic E-state index is 12.7. The highest BCUT2D eigenvalue weighted by atomic mass is 19.3. The van der Waals surface area contributed by atoms with Crippen molar-refractivity contribution in [3.63, 3.8) is 0 Å². The summed E-state index contributed by atoms with van der Waals surface area (Å²) in [5.41, 5.74) is -3.53. The molecule has 0 rings (SSSR count). The van der Waals surface area contributed by atoms with Gasteiger partial charge in [-0.15, -0.1) is 8.78 Å². The monoisotopic (exact) mass is 275 g/mol. The molecule has 104 valence electrons. The number of nitro groups is 3. The fourth-order valence-electron chi connectivity index (χ4n) is 0.950. The highest BCUT2D eigenvalue weighted by molar-refractivity contribution is 4.76. The molecule has 2 N–H and O–H groups in total. The maximum absolute atomic E-state index is 12.7. The molecule has 0 radical (unpaired) electrons. The van der Waals surface area contributed by atoms with Gasteiger partial charge in [0.05, 0.1) is 4.92 Å². The Labute approximate surface area is 96.1 Å². The number of rotatable bonds is 7. The third-order valence-corrected chi connectivity index (χ3v) is 2.10. The van der Waals surface area contributed by atoms with E-state index >= 15 is 0 Å². The second kappa shape index (κ2) is 5.09. The summed E-state index contributed by atoms with van der Waals surface area (Å²) in [6, 6.07) is -5.01. The summed E-state index contributed by atoms with van der Waals surface area (Å²) in [7, 11) is 0. The van der Waals surface area contributed by atoms with E-state index in [1.54, 1.807) is 0 Å². The van der Waals surface area contributed by atoms with Gasteiger partial charge in [-0.1, -0.05) is 0 Å². The molecule has 0 spiro atoms. The Hall–Kier alpha value is -2.02. The van der Waals surface area contributed by atoms with Crippen molar-refractivity contribution in [1.82, 2.24) is 0 Å². The molecule has 0 aliphatic carbocycles. The predicted molar refractivity (Wildman–Crippen MR) is 46.4 cm³/mol. The fourth-order valence-corrected chi connectivity index (χ4v) is 0.950. The average Bonchev–Trinajstić information content (AvgIpc) is 2.23. The van der Waals surface area contributed by atoms with Crippen LogP contribution in [0.5, 0.6) is 0 Å². The van der Waals surface area contributed by atoms with Crippen LogP contribution in [0.1, 0.15) is 6.42 Å². The number of aliphatic hydroxyl groups is 2. The summed E-state index contributed by atoms with van der Waals surface area (Å²) in [5.74, 6) is 0. The molecule has 0 heterocycles. The number of hydrogen-bond acceptors (Lipinski definition) is 8. The molecule has 13 heteroatoms. The highest BCUT2D eigenvalue weighted by Gasteiger charge is 2.64. The van der Waals surface area contributed by atoms with E-state index in [0.717, 1.165) is 0 Å². The molecule has 0 saturated heterocycles. The van der Waals surface area contributed by atoms with Crippen LogP contribution in [0.15, 0.2) is 0 Å². The Balaban J connectivity index is 5.32. The topological polar surface area (TPSA) is 170 Å². The van der Waals surface area contributed by atoms with Crippen molar-refractivity contribution in [2.75, 3.05) is 6.61 Å². The molecule has 0 aliphatic rings. The minimum atomic E-state index is -5.01. The van der Waals surface area contributed by atoms with E-state index in [2.05, 4.69) is 0 Å². The third kappa shape index (κ3) is 2.62. The zero-order valence-electron chi connectivity index (χ0n) is 8.43. The summed E-state index contributed by atoms with van der Waals surface area (Å²) in [6.07, 6.45) is -5.22. The van der Waals surface area contributed by atoms with Gasteiger partial charge in [0.15, 0.2) is 6.61 Å². The van der Waals surface area contributed by atoms with Crippen molar-refractivity contribution >= 4 is 0 Å². The number of aliphatic hydroxyl groups excluding tert-OH is 2. The van der Waals surface area contributed by atoms with Crippen molar-refractivity contribution in [2.45, 2.75) is 24.2 Å². The van der Waals surface area contributed by atoms with Crippen LogP contribution in [0.25, 0.3) is 0 Å². The zero-order valence-corrected chi connectivity index (χ0v) is 8.43. The molecule has 0 aromatic carbocycles. The average molecular weight is 275 g/mol. The molecule has 0 fully saturated rings. The van der Waals surface area contributed by atoms with Crippen molar-refractivity contribution < 1.29 is 33.8 Å². The molecule has 0 aliphatic heterocycles. The Bertz CT molecular complexity index is 360. The number of hydrogen-bond donors (Lipinski definition) is 2. The largest absolute Gasteiger partial charge is 0.537 e. The minimum Gasteiger partial charge on any atom is -0.382 e. The van der Waals surface area contributed by atoms with Gasteiger partial charge >= 0.3 is 11.7 Å². The van der Waals surface area contributed by atoms with Crippen LogP contribution in [0.4, 0.5) is 8.78 Å². The minimum absolute atomic E-state index is 1.70. The van der Waals surface area contributed by atoms with E-state index in [4.69, 9.17) is 10.2 Å². The Kier molecular flexibility index (Phi) is 4.52. The third-order valence-electron chi connectivity index (χ3n) is 2.10. The maximum Gasteiger partial charge on any atom is 0.537 e. The lowest BCUT2D eigenvalue weighted by Crippen LogP contribution is -2.55. The summed E-state index contributed by atoms with van der Waals surface area (Å²) in [6.45, 7) is -1.81. The van der Waals surface area contributed by atoms with Gasteiger partial charge in [-0.05, 0) is 0 Å². The van der Waals surface area contributed by atoms with E-state index in [1.807, 2.05) is 0 Å². The smallest absolute Gasteiger partial charge is 0.382 e. The van der Waals surface area contributed by atoms with Crippen LogP contribution >= 0.6 is 0 Å². The zero-order chi connectivity index (χ0) is 14.7. The molecule has 18 heavy (non-hydrogen) atoms. The van der Waals surface area contributed by atoms with Gasteiger partial charge in [0.25, 0.3) is 0 Å². The molecule has 1 unspecified atom stereocenters. The standard InChI is InChI=1S/C5H7F2N3O8/c6-5(7,10(17)18)3(12)1-4(2-11,8(13)14)9(15)16/h3,11-12H,1-2H2. The van der Waals surface area contributed by atoms with Gasteiger partial charge in [0, 0.05) is 0 Å². The molecule has 1 atom stereocenters. The quantitative estimate of drug-likeness (QED) is 0.254. The lowest BCUT2D eigenvalue weighted by molar-refractivity contribution is -0.803. The molecular formula is C5H7F2N3O8. The van der Waals surface area contributed by atoms with Gasteiger partial charge in [0.2, 0.25) is 6.10 Å². The van der Waals surface area contributed by atoms with Crippen molar-refractivity contribution in [1.29, 1.82) is 0 Å². The first-order valence-corrected chi connectivity index (χ1v) is 4.12. The van der Waals surface area contributed by atoms with Gasteiger partial charge < -0.3 is 10.2 Å². The first-order chi connectivity index (χ1) is 8.02. The summed E-state index contributed by atoms with van der Waals surface area (Å²) in [5, 5.41) is 48.0. The van der Waals surface area contributed by atoms with Gasteiger partial charge in [-0.25, -0.2) is 0 Å². The molecule has 11 nitrogen and oxygen atoms in total. The van der Waals surface area contributed by atoms with Gasteiger partial charge in [0.1, 0.15) is 16.3 Å². The van der Waals surface area contributed by atoms with E-state index < -0.39 is 45.6 Å². The van der Waals surface area contributed by atoms with Crippen LogP contribution < -0.4 is 0 Å². The van der Waals surface area contributed by atoms with Gasteiger partial charge in [-0.3, -0.25) is 30.3 Å². The van der Waals surface area contributed by atoms with Crippen molar-refractivity contribution in [3.05, 3.63) is 30.3 Å². The normalized spacial score (nSPS) is 14.0. The lowest BCUT2D eigenvalue weighted by Gasteiger charge is -2.19. The Morgan fingerprint density at radius 1 is 1.06 bits per heavy atom. The highest BCUT2D eigenvalue weighted by Crippen LogP contribution is 2.28. The van der Waals surface area contributed by atoms with E-state index in [0.29, 0.717) is 0 Å². The van der Waals surface area contributed by atoms with Gasteiger partial charge in [-0.2, -0.15) is 0 Å². The van der Waals surface area contributed by atoms with Crippen LogP contribution in [0.2, 0.25) is 0 Å². The predicted octanol–water partition coefficient (Wildman–Crippen LogP) is -1.15. The summed E-state index contributed by atoms with van der Waals surface area (Å²) < 4.78 is 25.3. The summed E-state index contributed by atoms with van der Waals surface area (Å²) in [4.78, 5) is 25.0. The van der Waals surface area contributed by atoms with Crippen LogP contribution in [0.3, 0.4) is 0 Å². The Morgan fingerprint density at radius 3 is 1.67 bits per heavy atom. The van der Waals surface area contributed by atoms with Crippen molar-refractivity contribution in [3.8, 4) is 0 Å². The first-order valence-electron chi connectivity index (χ1n) is 4.12. The number of halogens is 2. The molecule has 0 aromatic rings. The van der Waals surface area contributed by atoms with Crippen LogP contribution in [-0.4, -0.2) is 49.4 Å². The second-order valence-corrected chi connectivity index (χ2v) is 3.22. The van der Waals surface area contributed by atoms with E-state index in [-0.39, 0.29) is 0 Å². The molecule has 0 aromatic heterocycles. The number of alkyl halides is 2. The summed E-state index contributed by atoms with van der Waals surface area (Å²) >= 11 is 0. The molecule has 0 saturated carbocycles. The SMILES string of the molecule is O=[N+]([O-])C(F)(F)C(O)CC(CO)([N+](=O)[O-])[N+](=O)[O-]. The Morgan fingerprint density at radius 2 is 1.44 bits per heavy atom. The van der Waals surface area contributed by atoms with E-state index in [1.165, 1.54) is 0 Å². The van der Waals surface area contributed by atoms with Crippen molar-refractivity contribution in [2.24, 2.45) is 0 Å². The lowest BCUT2D eigenvalue weighted by atomic mass is 10.0. The van der Waals surface area contributed by atoms with E-state index in [9.17, 15) is 39.1 Å². The van der Waals surface area contributed by atoms with Crippen LogP contribution in [-0.2, 0) is 0 Å². The second-order valence-electron chi connectivity index (χ2n) is 3.22. The molecule has 0 amide bonds. The number of nitrogens with zero attached hydrogens (tertiary/aromatic N) is 3. The first kappa shape index (κ1) is 16.0. The molecule has 0 bridgehead atoms. The van der Waals surface area contributed by atoms with Crippen LogP contribution in [0, 0.1) is 30.3 Å². The molecular weight excluding hydrogens is 268 g/mol.